The molecule has 0 aliphatic carbocycles. The van der Waals surface area contributed by atoms with E-state index < -0.39 is 17.9 Å². The van der Waals surface area contributed by atoms with Crippen LogP contribution in [0.4, 0.5) is 0 Å². The van der Waals surface area contributed by atoms with E-state index in [1.165, 1.54) is 12.4 Å². The third-order valence-electron chi connectivity index (χ3n) is 3.02. The van der Waals surface area contributed by atoms with Gasteiger partial charge in [-0.3, -0.25) is 9.78 Å². The molecule has 2 rings (SSSR count). The minimum Gasteiger partial charge on any atom is -0.480 e. The molecule has 6 heteroatoms. The van der Waals surface area contributed by atoms with Crippen LogP contribution in [0.2, 0.25) is 0 Å². The molecule has 2 aromatic rings. The molecule has 0 unspecified atom stereocenters. The number of carbonyl (C=O) groups excluding carboxylic acids is 1. The molecule has 1 heterocycles. The van der Waals surface area contributed by atoms with Crippen LogP contribution in [0.25, 0.3) is 0 Å². The van der Waals surface area contributed by atoms with E-state index in [9.17, 15) is 14.7 Å². The van der Waals surface area contributed by atoms with Crippen LogP contribution >= 0.6 is 0 Å². The zero-order valence-electron chi connectivity index (χ0n) is 11.6. The third-order valence-corrected chi connectivity index (χ3v) is 3.02. The summed E-state index contributed by atoms with van der Waals surface area (Å²) in [5.74, 6) is -1.64. The molecule has 0 aliphatic heterocycles. The number of aromatic nitrogens is 1. The van der Waals surface area contributed by atoms with Crippen molar-refractivity contribution in [3.05, 3.63) is 65.5 Å². The van der Waals surface area contributed by atoms with Crippen molar-refractivity contribution in [3.63, 3.8) is 0 Å². The Morgan fingerprint density at radius 3 is 2.77 bits per heavy atom. The van der Waals surface area contributed by atoms with Crippen LogP contribution in [0.15, 0.2) is 48.8 Å². The van der Waals surface area contributed by atoms with Crippen LogP contribution < -0.4 is 5.32 Å². The van der Waals surface area contributed by atoms with Crippen molar-refractivity contribution in [2.24, 2.45) is 0 Å². The lowest BCUT2D eigenvalue weighted by atomic mass is 10.0. The first-order valence-electron chi connectivity index (χ1n) is 6.53. The molecule has 1 aromatic heterocycles. The van der Waals surface area contributed by atoms with Gasteiger partial charge in [0.25, 0.3) is 5.91 Å². The highest BCUT2D eigenvalue weighted by Crippen LogP contribution is 2.08. The molecule has 0 fully saturated rings. The van der Waals surface area contributed by atoms with Gasteiger partial charge in [0.05, 0.1) is 17.2 Å². The van der Waals surface area contributed by atoms with Gasteiger partial charge in [0, 0.05) is 18.8 Å². The van der Waals surface area contributed by atoms with E-state index >= 15 is 0 Å². The molecule has 1 atom stereocenters. The molecule has 1 amide bonds. The number of benzene rings is 1. The van der Waals surface area contributed by atoms with Gasteiger partial charge in [-0.25, -0.2) is 4.79 Å². The molecule has 22 heavy (non-hydrogen) atoms. The smallest absolute Gasteiger partial charge is 0.326 e. The molecular formula is C16H13N3O3. The molecule has 0 bridgehead atoms. The minimum absolute atomic E-state index is 0.0941. The van der Waals surface area contributed by atoms with Crippen molar-refractivity contribution < 1.29 is 14.7 Å². The van der Waals surface area contributed by atoms with Crippen molar-refractivity contribution in [1.82, 2.24) is 10.3 Å². The number of carboxylic acids is 1. The van der Waals surface area contributed by atoms with Crippen molar-refractivity contribution in [2.75, 3.05) is 0 Å². The summed E-state index contributed by atoms with van der Waals surface area (Å²) < 4.78 is 0. The van der Waals surface area contributed by atoms with E-state index in [0.717, 1.165) is 0 Å². The Bertz CT molecular complexity index is 723. The second-order valence-corrected chi connectivity index (χ2v) is 4.62. The van der Waals surface area contributed by atoms with Crippen LogP contribution in [0.1, 0.15) is 21.5 Å². The molecule has 0 saturated heterocycles. The third kappa shape index (κ3) is 3.90. The molecule has 6 nitrogen and oxygen atoms in total. The Balaban J connectivity index is 2.12. The van der Waals surface area contributed by atoms with Crippen LogP contribution in [0.5, 0.6) is 0 Å². The summed E-state index contributed by atoms with van der Waals surface area (Å²) in [7, 11) is 0. The predicted molar refractivity (Wildman–Crippen MR) is 78.0 cm³/mol. The monoisotopic (exact) mass is 295 g/mol. The van der Waals surface area contributed by atoms with E-state index in [1.54, 1.807) is 36.4 Å². The Hall–Kier alpha value is -3.20. The van der Waals surface area contributed by atoms with E-state index in [-0.39, 0.29) is 6.42 Å². The topological polar surface area (TPSA) is 103 Å². The van der Waals surface area contributed by atoms with Gasteiger partial charge in [-0.15, -0.1) is 0 Å². The zero-order chi connectivity index (χ0) is 15.9. The van der Waals surface area contributed by atoms with E-state index in [1.807, 2.05) is 6.07 Å². The lowest BCUT2D eigenvalue weighted by Crippen LogP contribution is -2.42. The Labute approximate surface area is 127 Å². The van der Waals surface area contributed by atoms with Gasteiger partial charge >= 0.3 is 5.97 Å². The summed E-state index contributed by atoms with van der Waals surface area (Å²) in [5, 5.41) is 20.6. The molecule has 0 spiro atoms. The average molecular weight is 295 g/mol. The standard InChI is InChI=1S/C16H13N3O3/c17-9-12-4-1-3-11(7-12)8-14(16(21)22)19-15(20)13-5-2-6-18-10-13/h1-7,10,14H,8H2,(H,19,20)(H,21,22)/t14-/m1/s1. The number of aliphatic carboxylic acids is 1. The lowest BCUT2D eigenvalue weighted by molar-refractivity contribution is -0.139. The molecule has 0 saturated carbocycles. The number of carboxylic acid groups (broad SMARTS) is 1. The van der Waals surface area contributed by atoms with Crippen molar-refractivity contribution in [1.29, 1.82) is 5.26 Å². The van der Waals surface area contributed by atoms with Gasteiger partial charge in [-0.1, -0.05) is 12.1 Å². The van der Waals surface area contributed by atoms with Gasteiger partial charge < -0.3 is 10.4 Å². The fourth-order valence-corrected chi connectivity index (χ4v) is 1.94. The number of nitriles is 1. The Morgan fingerprint density at radius 2 is 2.14 bits per heavy atom. The summed E-state index contributed by atoms with van der Waals surface area (Å²) in [4.78, 5) is 27.2. The fraction of sp³-hybridized carbons (Fsp3) is 0.125. The summed E-state index contributed by atoms with van der Waals surface area (Å²) >= 11 is 0. The van der Waals surface area contributed by atoms with Crippen LogP contribution in [0, 0.1) is 11.3 Å². The molecule has 0 aliphatic rings. The Kier molecular flexibility index (Phi) is 4.83. The van der Waals surface area contributed by atoms with Gasteiger partial charge in [-0.2, -0.15) is 5.26 Å². The quantitative estimate of drug-likeness (QED) is 0.867. The SMILES string of the molecule is N#Cc1cccc(C[C@@H](NC(=O)c2cccnc2)C(=O)O)c1. The maximum absolute atomic E-state index is 12.0. The van der Waals surface area contributed by atoms with Gasteiger partial charge in [0.15, 0.2) is 0 Å². The van der Waals surface area contributed by atoms with Crippen molar-refractivity contribution in [3.8, 4) is 6.07 Å². The number of rotatable bonds is 5. The highest BCUT2D eigenvalue weighted by Gasteiger charge is 2.21. The van der Waals surface area contributed by atoms with Gasteiger partial charge in [0.2, 0.25) is 0 Å². The van der Waals surface area contributed by atoms with Crippen LogP contribution in [-0.4, -0.2) is 28.0 Å². The van der Waals surface area contributed by atoms with Crippen molar-refractivity contribution >= 4 is 11.9 Å². The number of carbonyl (C=O) groups is 2. The van der Waals surface area contributed by atoms with E-state index in [2.05, 4.69) is 10.3 Å². The molecule has 1 aromatic carbocycles. The highest BCUT2D eigenvalue weighted by molar-refractivity contribution is 5.96. The first-order chi connectivity index (χ1) is 10.6. The number of hydrogen-bond donors (Lipinski definition) is 2. The maximum Gasteiger partial charge on any atom is 0.326 e. The predicted octanol–water partition coefficient (Wildman–Crippen LogP) is 1.38. The molecule has 0 radical (unpaired) electrons. The van der Waals surface area contributed by atoms with Gasteiger partial charge in [-0.05, 0) is 29.8 Å². The number of amides is 1. The number of nitrogens with zero attached hydrogens (tertiary/aromatic N) is 2. The molecule has 110 valence electrons. The Morgan fingerprint density at radius 1 is 1.32 bits per heavy atom. The second-order valence-electron chi connectivity index (χ2n) is 4.62. The number of hydrogen-bond acceptors (Lipinski definition) is 4. The highest BCUT2D eigenvalue weighted by atomic mass is 16.4. The minimum atomic E-state index is -1.14. The first-order valence-corrected chi connectivity index (χ1v) is 6.53. The summed E-state index contributed by atoms with van der Waals surface area (Å²) in [6.07, 6.45) is 2.99. The van der Waals surface area contributed by atoms with Crippen LogP contribution in [-0.2, 0) is 11.2 Å². The van der Waals surface area contributed by atoms with Crippen molar-refractivity contribution in [2.45, 2.75) is 12.5 Å². The number of nitrogens with one attached hydrogen (secondary N) is 1. The van der Waals surface area contributed by atoms with Crippen LogP contribution in [0.3, 0.4) is 0 Å². The largest absolute Gasteiger partial charge is 0.480 e. The summed E-state index contributed by atoms with van der Waals surface area (Å²) in [6, 6.07) is 10.7. The lowest BCUT2D eigenvalue weighted by Gasteiger charge is -2.14. The van der Waals surface area contributed by atoms with Gasteiger partial charge in [0.1, 0.15) is 6.04 Å². The fourth-order valence-electron chi connectivity index (χ4n) is 1.94. The second kappa shape index (κ2) is 6.99. The average Bonchev–Trinajstić information content (AvgIpc) is 2.55. The molecule has 2 N–H and O–H groups in total. The molecular weight excluding hydrogens is 282 g/mol. The normalized spacial score (nSPS) is 11.2. The zero-order valence-corrected chi connectivity index (χ0v) is 11.6. The first kappa shape index (κ1) is 15.2. The summed E-state index contributed by atoms with van der Waals surface area (Å²) in [6.45, 7) is 0. The van der Waals surface area contributed by atoms with E-state index in [0.29, 0.717) is 16.7 Å². The summed E-state index contributed by atoms with van der Waals surface area (Å²) in [5.41, 5.74) is 1.40. The van der Waals surface area contributed by atoms with E-state index in [4.69, 9.17) is 5.26 Å². The maximum atomic E-state index is 12.0. The number of pyridine rings is 1.